The number of hydrogen-bond acceptors (Lipinski definition) is 7. The van der Waals surface area contributed by atoms with Crippen LogP contribution in [0.3, 0.4) is 0 Å². The first-order valence-corrected chi connectivity index (χ1v) is 9.22. The number of urea groups is 1. The molecule has 1 aromatic carbocycles. The molecule has 3 N–H and O–H groups in total. The van der Waals surface area contributed by atoms with E-state index >= 15 is 0 Å². The van der Waals surface area contributed by atoms with Crippen molar-refractivity contribution in [1.29, 1.82) is 0 Å². The van der Waals surface area contributed by atoms with Crippen molar-refractivity contribution in [2.24, 2.45) is 0 Å². The molecule has 0 aliphatic carbocycles. The van der Waals surface area contributed by atoms with Gasteiger partial charge in [-0.15, -0.1) is 10.2 Å². The number of carbonyl (C=O) groups excluding carboxylic acids is 2. The first-order chi connectivity index (χ1) is 13.6. The summed E-state index contributed by atoms with van der Waals surface area (Å²) in [5.41, 5.74) is 1.28. The Balaban J connectivity index is 1.50. The van der Waals surface area contributed by atoms with Gasteiger partial charge < -0.3 is 5.32 Å². The summed E-state index contributed by atoms with van der Waals surface area (Å²) >= 11 is 0.972. The SMILES string of the molecule is O=C(CSc1nnc(Cc2cccnc2)c(=O)[nH]1)NC(=O)Nc1ccccc1. The second-order valence-corrected chi connectivity index (χ2v) is 6.57. The van der Waals surface area contributed by atoms with Crippen molar-refractivity contribution in [3.8, 4) is 0 Å². The first-order valence-electron chi connectivity index (χ1n) is 8.23. The third-order valence-corrected chi connectivity index (χ3v) is 4.33. The zero-order valence-electron chi connectivity index (χ0n) is 14.6. The Morgan fingerprint density at radius 3 is 2.61 bits per heavy atom. The molecule has 3 aromatic rings. The van der Waals surface area contributed by atoms with E-state index in [-0.39, 0.29) is 22.2 Å². The number of benzene rings is 1. The molecule has 0 fully saturated rings. The Morgan fingerprint density at radius 1 is 1.07 bits per heavy atom. The van der Waals surface area contributed by atoms with Gasteiger partial charge in [0.1, 0.15) is 5.69 Å². The average Bonchev–Trinajstić information content (AvgIpc) is 2.70. The van der Waals surface area contributed by atoms with E-state index in [1.165, 1.54) is 0 Å². The third kappa shape index (κ3) is 5.74. The van der Waals surface area contributed by atoms with Gasteiger partial charge in [-0.1, -0.05) is 36.0 Å². The molecule has 142 valence electrons. The number of hydrogen-bond donors (Lipinski definition) is 3. The lowest BCUT2D eigenvalue weighted by molar-refractivity contribution is -0.117. The zero-order chi connectivity index (χ0) is 19.8. The van der Waals surface area contributed by atoms with E-state index in [2.05, 4.69) is 30.8 Å². The highest BCUT2D eigenvalue weighted by Crippen LogP contribution is 2.10. The number of carbonyl (C=O) groups is 2. The van der Waals surface area contributed by atoms with Crippen LogP contribution < -0.4 is 16.2 Å². The van der Waals surface area contributed by atoms with E-state index in [1.807, 2.05) is 12.1 Å². The van der Waals surface area contributed by atoms with Crippen molar-refractivity contribution in [3.05, 3.63) is 76.5 Å². The number of amides is 3. The summed E-state index contributed by atoms with van der Waals surface area (Å²) in [4.78, 5) is 42.3. The number of imide groups is 1. The summed E-state index contributed by atoms with van der Waals surface area (Å²) in [6.45, 7) is 0. The Labute approximate surface area is 164 Å². The van der Waals surface area contributed by atoms with E-state index < -0.39 is 11.9 Å². The van der Waals surface area contributed by atoms with Gasteiger partial charge in [0.05, 0.1) is 5.75 Å². The van der Waals surface area contributed by atoms with Gasteiger partial charge >= 0.3 is 6.03 Å². The Morgan fingerprint density at radius 2 is 1.89 bits per heavy atom. The zero-order valence-corrected chi connectivity index (χ0v) is 15.4. The largest absolute Gasteiger partial charge is 0.325 e. The summed E-state index contributed by atoms with van der Waals surface area (Å²) < 4.78 is 0. The van der Waals surface area contributed by atoms with Crippen molar-refractivity contribution >= 4 is 29.4 Å². The van der Waals surface area contributed by atoms with Gasteiger partial charge in [0, 0.05) is 24.5 Å². The van der Waals surface area contributed by atoms with E-state index in [0.29, 0.717) is 12.1 Å². The van der Waals surface area contributed by atoms with Gasteiger partial charge in [-0.3, -0.25) is 24.9 Å². The van der Waals surface area contributed by atoms with E-state index in [1.54, 1.807) is 42.7 Å². The maximum absolute atomic E-state index is 12.1. The Hall–Kier alpha value is -3.53. The number of thioether (sulfide) groups is 1. The number of aromatic nitrogens is 4. The van der Waals surface area contributed by atoms with Crippen LogP contribution in [0.25, 0.3) is 0 Å². The van der Waals surface area contributed by atoms with Gasteiger partial charge in [0.25, 0.3) is 5.56 Å². The van der Waals surface area contributed by atoms with E-state index in [0.717, 1.165) is 17.3 Å². The topological polar surface area (TPSA) is 130 Å². The molecule has 0 bridgehead atoms. The average molecular weight is 396 g/mol. The molecule has 2 heterocycles. The fourth-order valence-electron chi connectivity index (χ4n) is 2.20. The number of pyridine rings is 1. The number of rotatable bonds is 6. The number of nitrogens with one attached hydrogen (secondary N) is 3. The van der Waals surface area contributed by atoms with Crippen LogP contribution in [0.2, 0.25) is 0 Å². The molecule has 0 radical (unpaired) electrons. The summed E-state index contributed by atoms with van der Waals surface area (Å²) in [6.07, 6.45) is 3.60. The summed E-state index contributed by atoms with van der Waals surface area (Å²) in [7, 11) is 0. The summed E-state index contributed by atoms with van der Waals surface area (Å²) in [5, 5.41) is 12.8. The lowest BCUT2D eigenvalue weighted by atomic mass is 10.2. The molecule has 3 amide bonds. The number of nitrogens with zero attached hydrogens (tertiary/aromatic N) is 3. The highest BCUT2D eigenvalue weighted by atomic mass is 32.2. The fourth-order valence-corrected chi connectivity index (χ4v) is 2.81. The Kier molecular flexibility index (Phi) is 6.47. The lowest BCUT2D eigenvalue weighted by Crippen LogP contribution is -2.35. The van der Waals surface area contributed by atoms with Crippen LogP contribution in [0.5, 0.6) is 0 Å². The fraction of sp³-hybridized carbons (Fsp3) is 0.111. The minimum absolute atomic E-state index is 0.102. The standard InChI is InChI=1S/C18H16N6O3S/c25-15(21-17(27)20-13-6-2-1-3-7-13)11-28-18-22-16(26)14(23-24-18)9-12-5-4-8-19-10-12/h1-8,10H,9,11H2,(H,22,24,26)(H2,20,21,25,27). The van der Waals surface area contributed by atoms with Crippen LogP contribution >= 0.6 is 11.8 Å². The number of para-hydroxylation sites is 1. The molecule has 0 spiro atoms. The van der Waals surface area contributed by atoms with Crippen molar-refractivity contribution in [2.45, 2.75) is 11.6 Å². The smallest absolute Gasteiger partial charge is 0.308 e. The second-order valence-electron chi connectivity index (χ2n) is 5.60. The molecule has 0 saturated heterocycles. The molecule has 10 heteroatoms. The highest BCUT2D eigenvalue weighted by molar-refractivity contribution is 7.99. The van der Waals surface area contributed by atoms with Crippen LogP contribution in [0.1, 0.15) is 11.3 Å². The minimum Gasteiger partial charge on any atom is -0.308 e. The minimum atomic E-state index is -0.636. The number of anilines is 1. The summed E-state index contributed by atoms with van der Waals surface area (Å²) in [5.74, 6) is -0.630. The quantitative estimate of drug-likeness (QED) is 0.540. The van der Waals surface area contributed by atoms with Crippen molar-refractivity contribution < 1.29 is 9.59 Å². The van der Waals surface area contributed by atoms with Gasteiger partial charge in [0.2, 0.25) is 5.91 Å². The molecule has 0 aliphatic heterocycles. The van der Waals surface area contributed by atoms with Crippen molar-refractivity contribution in [2.75, 3.05) is 11.1 Å². The lowest BCUT2D eigenvalue weighted by Gasteiger charge is -2.06. The van der Waals surface area contributed by atoms with Gasteiger partial charge in [-0.25, -0.2) is 4.79 Å². The van der Waals surface area contributed by atoms with E-state index in [9.17, 15) is 14.4 Å². The first kappa shape index (κ1) is 19.2. The van der Waals surface area contributed by atoms with Gasteiger partial charge in [0.15, 0.2) is 5.16 Å². The van der Waals surface area contributed by atoms with Crippen molar-refractivity contribution in [3.63, 3.8) is 0 Å². The number of H-pyrrole nitrogens is 1. The van der Waals surface area contributed by atoms with Crippen LogP contribution in [-0.2, 0) is 11.2 Å². The summed E-state index contributed by atoms with van der Waals surface area (Å²) in [6, 6.07) is 11.7. The normalized spacial score (nSPS) is 10.3. The monoisotopic (exact) mass is 396 g/mol. The van der Waals surface area contributed by atoms with Gasteiger partial charge in [-0.2, -0.15) is 0 Å². The molecule has 0 atom stereocenters. The van der Waals surface area contributed by atoms with E-state index in [4.69, 9.17) is 0 Å². The molecule has 3 rings (SSSR count). The van der Waals surface area contributed by atoms with Crippen LogP contribution in [0, 0.1) is 0 Å². The molecule has 9 nitrogen and oxygen atoms in total. The third-order valence-electron chi connectivity index (χ3n) is 3.46. The molecule has 28 heavy (non-hydrogen) atoms. The van der Waals surface area contributed by atoms with Crippen LogP contribution in [0.15, 0.2) is 64.8 Å². The Bertz CT molecular complexity index is 1010. The molecular weight excluding hydrogens is 380 g/mol. The highest BCUT2D eigenvalue weighted by Gasteiger charge is 2.11. The molecular formula is C18H16N6O3S. The predicted molar refractivity (Wildman–Crippen MR) is 104 cm³/mol. The number of aromatic amines is 1. The van der Waals surface area contributed by atoms with Crippen LogP contribution in [-0.4, -0.2) is 37.9 Å². The predicted octanol–water partition coefficient (Wildman–Crippen LogP) is 1.59. The second kappa shape index (κ2) is 9.42. The molecule has 0 saturated carbocycles. The molecule has 2 aromatic heterocycles. The van der Waals surface area contributed by atoms with Gasteiger partial charge in [-0.05, 0) is 23.8 Å². The van der Waals surface area contributed by atoms with Crippen molar-refractivity contribution in [1.82, 2.24) is 25.5 Å². The maximum Gasteiger partial charge on any atom is 0.325 e. The molecule has 0 unspecified atom stereocenters. The van der Waals surface area contributed by atoms with Crippen LogP contribution in [0.4, 0.5) is 10.5 Å². The molecule has 0 aliphatic rings. The maximum atomic E-state index is 12.1.